The number of hydrogen-bond donors (Lipinski definition) is 2. The molecular formula is C18H23N5O2. The van der Waals surface area contributed by atoms with Crippen LogP contribution in [0.1, 0.15) is 23.9 Å². The van der Waals surface area contributed by atoms with Gasteiger partial charge in [0.25, 0.3) is 0 Å². The number of benzene rings is 1. The summed E-state index contributed by atoms with van der Waals surface area (Å²) in [4.78, 5) is 6.86. The highest BCUT2D eigenvalue weighted by atomic mass is 16.3. The topological polar surface area (TPSA) is 79.3 Å². The molecule has 0 bridgehead atoms. The van der Waals surface area contributed by atoms with Crippen LogP contribution in [0.25, 0.3) is 11.0 Å². The first-order chi connectivity index (χ1) is 12.2. The van der Waals surface area contributed by atoms with Crippen LogP contribution in [0.3, 0.4) is 0 Å². The smallest absolute Gasteiger partial charge is 0.121 e. The van der Waals surface area contributed by atoms with Gasteiger partial charge in [0.1, 0.15) is 6.10 Å². The van der Waals surface area contributed by atoms with Gasteiger partial charge in [-0.25, -0.2) is 4.98 Å². The Kier molecular flexibility index (Phi) is 4.52. The molecule has 25 heavy (non-hydrogen) atoms. The number of rotatable bonds is 5. The van der Waals surface area contributed by atoms with Crippen LogP contribution >= 0.6 is 0 Å². The van der Waals surface area contributed by atoms with E-state index in [1.165, 1.54) is 0 Å². The number of aryl methyl sites for hydroxylation is 1. The van der Waals surface area contributed by atoms with Gasteiger partial charge in [-0.2, -0.15) is 5.10 Å². The van der Waals surface area contributed by atoms with Crippen molar-refractivity contribution in [2.45, 2.75) is 32.2 Å². The molecule has 1 atom stereocenters. The van der Waals surface area contributed by atoms with Crippen LogP contribution in [0.4, 0.5) is 0 Å². The van der Waals surface area contributed by atoms with Crippen molar-refractivity contribution in [2.24, 2.45) is 0 Å². The Hall–Kier alpha value is -2.22. The fourth-order valence-corrected chi connectivity index (χ4v) is 3.44. The lowest BCUT2D eigenvalue weighted by Crippen LogP contribution is -2.27. The van der Waals surface area contributed by atoms with Crippen molar-refractivity contribution in [1.29, 1.82) is 0 Å². The van der Waals surface area contributed by atoms with E-state index < -0.39 is 6.10 Å². The summed E-state index contributed by atoms with van der Waals surface area (Å²) in [6.07, 6.45) is 2.03. The summed E-state index contributed by atoms with van der Waals surface area (Å²) in [6.45, 7) is 4.20. The summed E-state index contributed by atoms with van der Waals surface area (Å²) in [6, 6.07) is 10.1. The van der Waals surface area contributed by atoms with Crippen molar-refractivity contribution in [3.05, 3.63) is 48.0 Å². The van der Waals surface area contributed by atoms with E-state index in [1.54, 1.807) is 0 Å². The first-order valence-corrected chi connectivity index (χ1v) is 8.72. The standard InChI is InChI=1S/C18H23N5O2/c24-12-18(25)16-10-14-11-21(6-3-7-23(14)20-16)8-9-22-13-19-15-4-1-2-5-17(15)22/h1-2,4-5,10,13,18,24-25H,3,6-9,11-12H2/t18-/m0/s1. The molecule has 132 valence electrons. The van der Waals surface area contributed by atoms with Gasteiger partial charge in [0.2, 0.25) is 0 Å². The van der Waals surface area contributed by atoms with Gasteiger partial charge < -0.3 is 14.8 Å². The Bertz CT molecular complexity index is 856. The van der Waals surface area contributed by atoms with Crippen LogP contribution in [-0.4, -0.2) is 54.1 Å². The second-order valence-electron chi connectivity index (χ2n) is 6.54. The molecule has 0 spiro atoms. The lowest BCUT2D eigenvalue weighted by atomic mass is 10.2. The molecule has 2 N–H and O–H groups in total. The Labute approximate surface area is 146 Å². The van der Waals surface area contributed by atoms with Gasteiger partial charge in [0, 0.05) is 32.7 Å². The number of fused-ring (bicyclic) bond motifs is 2. The Morgan fingerprint density at radius 2 is 2.04 bits per heavy atom. The van der Waals surface area contributed by atoms with Crippen molar-refractivity contribution < 1.29 is 10.2 Å². The maximum atomic E-state index is 9.79. The second-order valence-corrected chi connectivity index (χ2v) is 6.54. The summed E-state index contributed by atoms with van der Waals surface area (Å²) < 4.78 is 4.15. The zero-order chi connectivity index (χ0) is 17.2. The van der Waals surface area contributed by atoms with Crippen LogP contribution in [0, 0.1) is 0 Å². The highest BCUT2D eigenvalue weighted by Crippen LogP contribution is 2.18. The summed E-state index contributed by atoms with van der Waals surface area (Å²) in [5, 5.41) is 23.3. The highest BCUT2D eigenvalue weighted by molar-refractivity contribution is 5.74. The van der Waals surface area contributed by atoms with E-state index in [9.17, 15) is 5.11 Å². The Morgan fingerprint density at radius 3 is 2.92 bits per heavy atom. The fraction of sp³-hybridized carbons (Fsp3) is 0.444. The molecule has 0 aliphatic carbocycles. The van der Waals surface area contributed by atoms with E-state index in [0.717, 1.165) is 55.9 Å². The van der Waals surface area contributed by atoms with Crippen LogP contribution in [-0.2, 0) is 19.6 Å². The van der Waals surface area contributed by atoms with E-state index in [4.69, 9.17) is 5.11 Å². The average molecular weight is 341 g/mol. The molecule has 0 saturated carbocycles. The Balaban J connectivity index is 1.45. The minimum atomic E-state index is -0.898. The van der Waals surface area contributed by atoms with Gasteiger partial charge in [-0.15, -0.1) is 0 Å². The molecule has 1 aliphatic heterocycles. The summed E-state index contributed by atoms with van der Waals surface area (Å²) in [5.41, 5.74) is 3.84. The van der Waals surface area contributed by atoms with Gasteiger partial charge in [-0.3, -0.25) is 9.58 Å². The third kappa shape index (κ3) is 3.30. The first-order valence-electron chi connectivity index (χ1n) is 8.72. The number of nitrogens with zero attached hydrogens (tertiary/aromatic N) is 5. The molecule has 7 heteroatoms. The predicted octanol–water partition coefficient (Wildman–Crippen LogP) is 1.16. The maximum Gasteiger partial charge on any atom is 0.121 e. The van der Waals surface area contributed by atoms with Crippen LogP contribution < -0.4 is 0 Å². The van der Waals surface area contributed by atoms with E-state index >= 15 is 0 Å². The zero-order valence-corrected chi connectivity index (χ0v) is 14.1. The Morgan fingerprint density at radius 1 is 1.16 bits per heavy atom. The summed E-state index contributed by atoms with van der Waals surface area (Å²) in [5.74, 6) is 0. The second kappa shape index (κ2) is 6.95. The molecule has 0 fully saturated rings. The zero-order valence-electron chi connectivity index (χ0n) is 14.1. The van der Waals surface area contributed by atoms with Gasteiger partial charge in [-0.1, -0.05) is 12.1 Å². The monoisotopic (exact) mass is 341 g/mol. The molecule has 3 heterocycles. The van der Waals surface area contributed by atoms with Gasteiger partial charge in [-0.05, 0) is 24.6 Å². The number of aliphatic hydroxyl groups is 2. The van der Waals surface area contributed by atoms with Crippen molar-refractivity contribution in [2.75, 3.05) is 19.7 Å². The SMILES string of the molecule is OC[C@H](O)c1cc2n(n1)CCCN(CCn1cnc3ccccc31)C2. The van der Waals surface area contributed by atoms with Gasteiger partial charge in [0.15, 0.2) is 0 Å². The summed E-state index contributed by atoms with van der Waals surface area (Å²) in [7, 11) is 0. The average Bonchev–Trinajstić information content (AvgIpc) is 3.18. The minimum absolute atomic E-state index is 0.298. The lowest BCUT2D eigenvalue weighted by molar-refractivity contribution is 0.0916. The molecule has 0 saturated heterocycles. The first kappa shape index (κ1) is 16.3. The van der Waals surface area contributed by atoms with E-state index in [-0.39, 0.29) is 6.61 Å². The molecule has 0 radical (unpaired) electrons. The van der Waals surface area contributed by atoms with Gasteiger partial charge >= 0.3 is 0 Å². The number of aliphatic hydroxyl groups excluding tert-OH is 2. The quantitative estimate of drug-likeness (QED) is 0.728. The fourth-order valence-electron chi connectivity index (χ4n) is 3.44. The normalized spacial score (nSPS) is 16.7. The van der Waals surface area contributed by atoms with Crippen LogP contribution in [0.5, 0.6) is 0 Å². The number of imidazole rings is 1. The molecular weight excluding hydrogens is 318 g/mol. The van der Waals surface area contributed by atoms with Crippen molar-refractivity contribution in [3.63, 3.8) is 0 Å². The van der Waals surface area contributed by atoms with E-state index in [0.29, 0.717) is 5.69 Å². The molecule has 7 nitrogen and oxygen atoms in total. The molecule has 4 rings (SSSR count). The highest BCUT2D eigenvalue weighted by Gasteiger charge is 2.19. The van der Waals surface area contributed by atoms with Crippen LogP contribution in [0.15, 0.2) is 36.7 Å². The molecule has 3 aromatic rings. The molecule has 1 aromatic carbocycles. The molecule has 1 aliphatic rings. The third-order valence-corrected chi connectivity index (χ3v) is 4.81. The van der Waals surface area contributed by atoms with Gasteiger partial charge in [0.05, 0.1) is 35.4 Å². The van der Waals surface area contributed by atoms with Crippen molar-refractivity contribution in [1.82, 2.24) is 24.2 Å². The maximum absolute atomic E-state index is 9.79. The minimum Gasteiger partial charge on any atom is -0.393 e. The number of aromatic nitrogens is 4. The number of para-hydroxylation sites is 2. The molecule has 0 amide bonds. The predicted molar refractivity (Wildman–Crippen MR) is 93.9 cm³/mol. The number of hydrogen-bond acceptors (Lipinski definition) is 5. The van der Waals surface area contributed by atoms with Crippen molar-refractivity contribution in [3.8, 4) is 0 Å². The largest absolute Gasteiger partial charge is 0.393 e. The summed E-state index contributed by atoms with van der Waals surface area (Å²) >= 11 is 0. The lowest BCUT2D eigenvalue weighted by Gasteiger charge is -2.19. The molecule has 2 aromatic heterocycles. The molecule has 0 unspecified atom stereocenters. The van der Waals surface area contributed by atoms with E-state index in [1.807, 2.05) is 35.3 Å². The van der Waals surface area contributed by atoms with Crippen LogP contribution in [0.2, 0.25) is 0 Å². The van der Waals surface area contributed by atoms with Crippen molar-refractivity contribution >= 4 is 11.0 Å². The third-order valence-electron chi connectivity index (χ3n) is 4.81. The van der Waals surface area contributed by atoms with E-state index in [2.05, 4.69) is 25.6 Å².